The molecule has 1 amide bonds. The lowest BCUT2D eigenvalue weighted by atomic mass is 9.82. The minimum absolute atomic E-state index is 0.0328. The molecule has 2 aliphatic rings. The van der Waals surface area contributed by atoms with Crippen molar-refractivity contribution in [2.75, 3.05) is 13.1 Å². The van der Waals surface area contributed by atoms with Crippen LogP contribution < -0.4 is 5.32 Å². The van der Waals surface area contributed by atoms with Crippen molar-refractivity contribution in [2.45, 2.75) is 37.3 Å². The Balaban J connectivity index is 1.40. The van der Waals surface area contributed by atoms with E-state index >= 15 is 0 Å². The van der Waals surface area contributed by atoms with Crippen molar-refractivity contribution in [3.63, 3.8) is 0 Å². The third-order valence-electron chi connectivity index (χ3n) is 5.18. The zero-order chi connectivity index (χ0) is 15.7. The van der Waals surface area contributed by atoms with Gasteiger partial charge in [-0.3, -0.25) is 14.7 Å². The average molecular weight is 311 g/mol. The largest absolute Gasteiger partial charge is 0.468 e. The summed E-state index contributed by atoms with van der Waals surface area (Å²) in [6, 6.07) is 7.85. The number of carbonyl (C=O) groups is 1. The Morgan fingerprint density at radius 3 is 2.74 bits per heavy atom. The van der Waals surface area contributed by atoms with Crippen LogP contribution in [0.1, 0.15) is 36.5 Å². The molecular weight excluding hydrogens is 290 g/mol. The number of carbonyl (C=O) groups excluding carboxylic acids is 1. The molecule has 2 fully saturated rings. The van der Waals surface area contributed by atoms with Gasteiger partial charge in [0.05, 0.1) is 18.7 Å². The lowest BCUT2D eigenvalue weighted by Gasteiger charge is -2.39. The van der Waals surface area contributed by atoms with Crippen LogP contribution in [0.5, 0.6) is 0 Å². The van der Waals surface area contributed by atoms with Crippen molar-refractivity contribution in [3.05, 3.63) is 54.2 Å². The molecule has 2 aromatic rings. The predicted octanol–water partition coefficient (Wildman–Crippen LogP) is 2.31. The molecule has 1 atom stereocenters. The summed E-state index contributed by atoms with van der Waals surface area (Å²) in [7, 11) is 0. The van der Waals surface area contributed by atoms with Crippen molar-refractivity contribution in [3.8, 4) is 0 Å². The van der Waals surface area contributed by atoms with E-state index in [1.165, 1.54) is 0 Å². The molecule has 1 spiro atoms. The highest BCUT2D eigenvalue weighted by Crippen LogP contribution is 2.39. The fraction of sp³-hybridized carbons (Fsp3) is 0.444. The number of hydrogen-bond acceptors (Lipinski definition) is 4. The van der Waals surface area contributed by atoms with Crippen molar-refractivity contribution >= 4 is 5.91 Å². The summed E-state index contributed by atoms with van der Waals surface area (Å²) < 4.78 is 5.43. The molecule has 2 saturated heterocycles. The minimum Gasteiger partial charge on any atom is -0.468 e. The summed E-state index contributed by atoms with van der Waals surface area (Å²) in [6.45, 7) is 2.83. The number of piperidine rings is 1. The first-order valence-corrected chi connectivity index (χ1v) is 8.21. The van der Waals surface area contributed by atoms with E-state index in [1.54, 1.807) is 18.7 Å². The van der Waals surface area contributed by atoms with Crippen LogP contribution in [0.15, 0.2) is 47.3 Å². The van der Waals surface area contributed by atoms with Crippen LogP contribution in [-0.4, -0.2) is 34.4 Å². The van der Waals surface area contributed by atoms with Crippen molar-refractivity contribution in [1.29, 1.82) is 0 Å². The van der Waals surface area contributed by atoms with Crippen LogP contribution in [-0.2, 0) is 11.3 Å². The number of nitrogens with zero attached hydrogens (tertiary/aromatic N) is 2. The monoisotopic (exact) mass is 311 g/mol. The van der Waals surface area contributed by atoms with E-state index in [2.05, 4.69) is 15.2 Å². The Morgan fingerprint density at radius 1 is 1.26 bits per heavy atom. The highest BCUT2D eigenvalue weighted by molar-refractivity contribution is 5.87. The van der Waals surface area contributed by atoms with Crippen LogP contribution in [0.4, 0.5) is 0 Å². The minimum atomic E-state index is -0.0370. The number of rotatable bonds is 3. The number of pyridine rings is 1. The first kappa shape index (κ1) is 14.5. The SMILES string of the molecule is O=C1NC2(CCN(Cc3ccco3)CC2)C[C@H]1c1ccncc1. The number of likely N-dealkylation sites (tertiary alicyclic amines) is 1. The molecule has 0 aliphatic carbocycles. The van der Waals surface area contributed by atoms with E-state index < -0.39 is 0 Å². The fourth-order valence-electron chi connectivity index (χ4n) is 3.84. The first-order valence-electron chi connectivity index (χ1n) is 8.21. The maximum absolute atomic E-state index is 12.4. The van der Waals surface area contributed by atoms with Gasteiger partial charge in [0, 0.05) is 31.0 Å². The van der Waals surface area contributed by atoms with Crippen LogP contribution in [0.3, 0.4) is 0 Å². The third-order valence-corrected chi connectivity index (χ3v) is 5.18. The van der Waals surface area contributed by atoms with E-state index in [1.807, 2.05) is 24.3 Å². The van der Waals surface area contributed by atoms with Gasteiger partial charge in [-0.25, -0.2) is 0 Å². The second-order valence-electron chi connectivity index (χ2n) is 6.66. The molecule has 5 heteroatoms. The van der Waals surface area contributed by atoms with Gasteiger partial charge in [0.2, 0.25) is 5.91 Å². The number of furan rings is 1. The van der Waals surface area contributed by atoms with Crippen LogP contribution in [0, 0.1) is 0 Å². The molecule has 0 radical (unpaired) electrons. The summed E-state index contributed by atoms with van der Waals surface area (Å²) in [4.78, 5) is 18.9. The lowest BCUT2D eigenvalue weighted by Crippen LogP contribution is -2.50. The second-order valence-corrected chi connectivity index (χ2v) is 6.66. The number of nitrogens with one attached hydrogen (secondary N) is 1. The Morgan fingerprint density at radius 2 is 2.04 bits per heavy atom. The molecular formula is C18H21N3O2. The van der Waals surface area contributed by atoms with Gasteiger partial charge in [0.1, 0.15) is 5.76 Å². The maximum Gasteiger partial charge on any atom is 0.228 e. The fourth-order valence-corrected chi connectivity index (χ4v) is 3.84. The van der Waals surface area contributed by atoms with Gasteiger partial charge in [0.25, 0.3) is 0 Å². The zero-order valence-electron chi connectivity index (χ0n) is 13.1. The summed E-state index contributed by atoms with van der Waals surface area (Å²) in [5.74, 6) is 1.14. The van der Waals surface area contributed by atoms with E-state index in [0.29, 0.717) is 0 Å². The summed E-state index contributed by atoms with van der Waals surface area (Å²) >= 11 is 0. The Labute approximate surface area is 135 Å². The molecule has 120 valence electrons. The Kier molecular flexibility index (Phi) is 3.65. The predicted molar refractivity (Wildman–Crippen MR) is 85.7 cm³/mol. The van der Waals surface area contributed by atoms with Gasteiger partial charge in [-0.1, -0.05) is 0 Å². The highest BCUT2D eigenvalue weighted by Gasteiger charge is 2.46. The number of amides is 1. The molecule has 0 unspecified atom stereocenters. The molecule has 2 aliphatic heterocycles. The Hall–Kier alpha value is -2.14. The van der Waals surface area contributed by atoms with Gasteiger partial charge < -0.3 is 9.73 Å². The molecule has 4 heterocycles. The first-order chi connectivity index (χ1) is 11.2. The van der Waals surface area contributed by atoms with Gasteiger partial charge in [-0.15, -0.1) is 0 Å². The zero-order valence-corrected chi connectivity index (χ0v) is 13.1. The Bertz CT molecular complexity index is 661. The number of aromatic nitrogens is 1. The van der Waals surface area contributed by atoms with E-state index in [-0.39, 0.29) is 17.4 Å². The van der Waals surface area contributed by atoms with Gasteiger partial charge in [-0.05, 0) is 49.1 Å². The van der Waals surface area contributed by atoms with Gasteiger partial charge in [0.15, 0.2) is 0 Å². The smallest absolute Gasteiger partial charge is 0.228 e. The molecule has 4 rings (SSSR count). The molecule has 1 N–H and O–H groups in total. The van der Waals surface area contributed by atoms with Crippen molar-refractivity contribution < 1.29 is 9.21 Å². The van der Waals surface area contributed by atoms with Crippen molar-refractivity contribution in [1.82, 2.24) is 15.2 Å². The third kappa shape index (κ3) is 2.88. The topological polar surface area (TPSA) is 58.4 Å². The van der Waals surface area contributed by atoms with Crippen molar-refractivity contribution in [2.24, 2.45) is 0 Å². The quantitative estimate of drug-likeness (QED) is 0.945. The number of hydrogen-bond donors (Lipinski definition) is 1. The molecule has 0 saturated carbocycles. The summed E-state index contributed by atoms with van der Waals surface area (Å²) in [5.41, 5.74) is 1.04. The van der Waals surface area contributed by atoms with Crippen LogP contribution in [0.25, 0.3) is 0 Å². The molecule has 5 nitrogen and oxygen atoms in total. The summed E-state index contributed by atoms with van der Waals surface area (Å²) in [6.07, 6.45) is 8.14. The lowest BCUT2D eigenvalue weighted by molar-refractivity contribution is -0.121. The standard InChI is InChI=1S/C18H21N3O2/c22-17-16(14-3-7-19-8-4-14)12-18(20-17)5-9-21(10-6-18)13-15-2-1-11-23-15/h1-4,7-8,11,16H,5-6,9-10,12-13H2,(H,20,22)/t16-/m0/s1. The normalized spacial score (nSPS) is 24.0. The highest BCUT2D eigenvalue weighted by atomic mass is 16.3. The van der Waals surface area contributed by atoms with E-state index in [0.717, 1.165) is 50.2 Å². The average Bonchev–Trinajstić information content (AvgIpc) is 3.19. The van der Waals surface area contributed by atoms with Crippen LogP contribution in [0.2, 0.25) is 0 Å². The molecule has 2 aromatic heterocycles. The summed E-state index contributed by atoms with van der Waals surface area (Å²) in [5, 5.41) is 3.29. The van der Waals surface area contributed by atoms with Gasteiger partial charge in [-0.2, -0.15) is 0 Å². The second kappa shape index (κ2) is 5.81. The molecule has 0 bridgehead atoms. The van der Waals surface area contributed by atoms with E-state index in [4.69, 9.17) is 4.42 Å². The van der Waals surface area contributed by atoms with Gasteiger partial charge >= 0.3 is 0 Å². The molecule has 0 aromatic carbocycles. The maximum atomic E-state index is 12.4. The van der Waals surface area contributed by atoms with E-state index in [9.17, 15) is 4.79 Å². The molecule has 23 heavy (non-hydrogen) atoms. The van der Waals surface area contributed by atoms with Crippen LogP contribution >= 0.6 is 0 Å².